The molecule has 0 radical (unpaired) electrons. The molecule has 0 atom stereocenters. The van der Waals surface area contributed by atoms with Crippen LogP contribution in [-0.4, -0.2) is 23.4 Å². The summed E-state index contributed by atoms with van der Waals surface area (Å²) in [7, 11) is 0. The lowest BCUT2D eigenvalue weighted by molar-refractivity contribution is 0.0741. The maximum absolute atomic E-state index is 12.9. The number of fused-ring (bicyclic) bond motifs is 1. The fourth-order valence-electron chi connectivity index (χ4n) is 2.93. The fourth-order valence-corrected chi connectivity index (χ4v) is 4.08. The van der Waals surface area contributed by atoms with Crippen LogP contribution in [0.5, 0.6) is 0 Å². The highest BCUT2D eigenvalue weighted by molar-refractivity contribution is 7.21. The Morgan fingerprint density at radius 3 is 2.71 bits per heavy atom. The SMILES string of the molecule is Cc1cccc2c(N)c(C(=O)N(CC3CC3)C3CC3)sc12. The normalized spacial score (nSPS) is 18.1. The first-order valence-corrected chi connectivity index (χ1v) is 8.55. The van der Waals surface area contributed by atoms with E-state index in [1.54, 1.807) is 11.3 Å². The van der Waals surface area contributed by atoms with Gasteiger partial charge in [0.05, 0.1) is 5.69 Å². The van der Waals surface area contributed by atoms with Crippen LogP contribution >= 0.6 is 11.3 Å². The zero-order chi connectivity index (χ0) is 14.6. The average Bonchev–Trinajstić information content (AvgIpc) is 3.36. The Morgan fingerprint density at radius 2 is 2.10 bits per heavy atom. The van der Waals surface area contributed by atoms with Gasteiger partial charge in [0.2, 0.25) is 0 Å². The first-order valence-electron chi connectivity index (χ1n) is 7.73. The van der Waals surface area contributed by atoms with E-state index in [0.717, 1.165) is 40.3 Å². The van der Waals surface area contributed by atoms with Gasteiger partial charge in [0, 0.05) is 22.7 Å². The molecule has 0 unspecified atom stereocenters. The van der Waals surface area contributed by atoms with Crippen LogP contribution in [-0.2, 0) is 0 Å². The van der Waals surface area contributed by atoms with Crippen molar-refractivity contribution in [3.8, 4) is 0 Å². The molecule has 2 fully saturated rings. The molecule has 2 aliphatic rings. The number of nitrogen functional groups attached to an aromatic ring is 1. The van der Waals surface area contributed by atoms with E-state index in [0.29, 0.717) is 11.7 Å². The summed E-state index contributed by atoms with van der Waals surface area (Å²) in [5, 5.41) is 1.03. The van der Waals surface area contributed by atoms with E-state index in [2.05, 4.69) is 17.9 Å². The van der Waals surface area contributed by atoms with Crippen LogP contribution in [0.3, 0.4) is 0 Å². The molecule has 4 heteroatoms. The molecule has 0 aliphatic heterocycles. The number of nitrogens with two attached hydrogens (primary N) is 1. The molecule has 3 nitrogen and oxygen atoms in total. The second-order valence-electron chi connectivity index (χ2n) is 6.43. The van der Waals surface area contributed by atoms with Crippen molar-refractivity contribution in [3.05, 3.63) is 28.6 Å². The van der Waals surface area contributed by atoms with E-state index >= 15 is 0 Å². The van der Waals surface area contributed by atoms with Crippen molar-refractivity contribution < 1.29 is 4.79 Å². The molecule has 1 amide bonds. The number of carbonyl (C=O) groups is 1. The van der Waals surface area contributed by atoms with Crippen LogP contribution in [0.15, 0.2) is 18.2 Å². The van der Waals surface area contributed by atoms with E-state index in [1.165, 1.54) is 18.4 Å². The molecule has 2 saturated carbocycles. The maximum Gasteiger partial charge on any atom is 0.266 e. The monoisotopic (exact) mass is 300 g/mol. The van der Waals surface area contributed by atoms with Crippen molar-refractivity contribution in [2.75, 3.05) is 12.3 Å². The maximum atomic E-state index is 12.9. The van der Waals surface area contributed by atoms with Crippen LogP contribution in [0.1, 0.15) is 40.9 Å². The molecular weight excluding hydrogens is 280 g/mol. The molecule has 2 aliphatic carbocycles. The van der Waals surface area contributed by atoms with Gasteiger partial charge in [-0.2, -0.15) is 0 Å². The number of hydrogen-bond acceptors (Lipinski definition) is 3. The number of hydrogen-bond donors (Lipinski definition) is 1. The lowest BCUT2D eigenvalue weighted by Gasteiger charge is -2.21. The minimum Gasteiger partial charge on any atom is -0.397 e. The molecule has 2 aromatic rings. The lowest BCUT2D eigenvalue weighted by Crippen LogP contribution is -2.34. The molecule has 2 N–H and O–H groups in total. The lowest BCUT2D eigenvalue weighted by atomic mass is 10.1. The van der Waals surface area contributed by atoms with Crippen molar-refractivity contribution in [1.29, 1.82) is 0 Å². The second-order valence-corrected chi connectivity index (χ2v) is 7.45. The summed E-state index contributed by atoms with van der Waals surface area (Å²) in [6, 6.07) is 6.57. The molecule has 21 heavy (non-hydrogen) atoms. The van der Waals surface area contributed by atoms with Gasteiger partial charge in [-0.3, -0.25) is 4.79 Å². The van der Waals surface area contributed by atoms with Crippen molar-refractivity contribution in [3.63, 3.8) is 0 Å². The first kappa shape index (κ1) is 13.1. The third-order valence-corrected chi connectivity index (χ3v) is 5.89. The minimum atomic E-state index is 0.155. The summed E-state index contributed by atoms with van der Waals surface area (Å²) in [5.74, 6) is 0.884. The number of rotatable bonds is 4. The molecule has 110 valence electrons. The third kappa shape index (κ3) is 2.31. The molecule has 0 saturated heterocycles. The Hall–Kier alpha value is -1.55. The molecular formula is C17H20N2OS. The summed E-state index contributed by atoms with van der Waals surface area (Å²) in [4.78, 5) is 15.8. The Labute approximate surface area is 128 Å². The predicted molar refractivity (Wildman–Crippen MR) is 87.8 cm³/mol. The van der Waals surface area contributed by atoms with Gasteiger partial charge >= 0.3 is 0 Å². The Kier molecular flexibility index (Phi) is 2.96. The van der Waals surface area contributed by atoms with Crippen LogP contribution in [0.4, 0.5) is 5.69 Å². The highest BCUT2D eigenvalue weighted by Gasteiger charge is 2.38. The van der Waals surface area contributed by atoms with Gasteiger partial charge < -0.3 is 10.6 Å². The molecule has 0 bridgehead atoms. The Bertz CT molecular complexity index is 713. The van der Waals surface area contributed by atoms with Gasteiger partial charge in [-0.05, 0) is 44.1 Å². The number of carbonyl (C=O) groups excluding carboxylic acids is 1. The van der Waals surface area contributed by atoms with Gasteiger partial charge in [-0.1, -0.05) is 18.2 Å². The van der Waals surface area contributed by atoms with Crippen LogP contribution in [0.25, 0.3) is 10.1 Å². The van der Waals surface area contributed by atoms with Gasteiger partial charge in [0.15, 0.2) is 0 Å². The van der Waals surface area contributed by atoms with Gasteiger partial charge in [0.1, 0.15) is 4.88 Å². The number of anilines is 1. The van der Waals surface area contributed by atoms with Gasteiger partial charge in [-0.25, -0.2) is 0 Å². The number of thiophene rings is 1. The summed E-state index contributed by atoms with van der Waals surface area (Å²) < 4.78 is 1.15. The second kappa shape index (κ2) is 4.73. The quantitative estimate of drug-likeness (QED) is 0.933. The summed E-state index contributed by atoms with van der Waals surface area (Å²) in [6.45, 7) is 3.01. The molecule has 1 aromatic carbocycles. The number of aryl methyl sites for hydroxylation is 1. The first-order chi connectivity index (χ1) is 10.1. The number of benzene rings is 1. The highest BCUT2D eigenvalue weighted by Crippen LogP contribution is 2.40. The highest BCUT2D eigenvalue weighted by atomic mass is 32.1. The van der Waals surface area contributed by atoms with Crippen LogP contribution < -0.4 is 5.73 Å². The van der Waals surface area contributed by atoms with Crippen molar-refractivity contribution in [1.82, 2.24) is 4.90 Å². The summed E-state index contributed by atoms with van der Waals surface area (Å²) >= 11 is 1.56. The molecule has 1 heterocycles. The Balaban J connectivity index is 1.72. The number of amides is 1. The van der Waals surface area contributed by atoms with Crippen molar-refractivity contribution in [2.24, 2.45) is 5.92 Å². The van der Waals surface area contributed by atoms with E-state index in [-0.39, 0.29) is 5.91 Å². The van der Waals surface area contributed by atoms with E-state index in [4.69, 9.17) is 5.73 Å². The fraction of sp³-hybridized carbons (Fsp3) is 0.471. The average molecular weight is 300 g/mol. The van der Waals surface area contributed by atoms with Crippen molar-refractivity contribution in [2.45, 2.75) is 38.6 Å². The van der Waals surface area contributed by atoms with E-state index < -0.39 is 0 Å². The zero-order valence-electron chi connectivity index (χ0n) is 12.3. The predicted octanol–water partition coefficient (Wildman–Crippen LogP) is 3.81. The van der Waals surface area contributed by atoms with Crippen molar-refractivity contribution >= 4 is 33.0 Å². The largest absolute Gasteiger partial charge is 0.397 e. The Morgan fingerprint density at radius 1 is 1.33 bits per heavy atom. The van der Waals surface area contributed by atoms with Gasteiger partial charge in [0.25, 0.3) is 5.91 Å². The molecule has 0 spiro atoms. The number of nitrogens with zero attached hydrogens (tertiary/aromatic N) is 1. The molecule has 1 aromatic heterocycles. The molecule has 4 rings (SSSR count). The smallest absolute Gasteiger partial charge is 0.266 e. The summed E-state index contributed by atoms with van der Waals surface area (Å²) in [5.41, 5.74) is 8.15. The van der Waals surface area contributed by atoms with Gasteiger partial charge in [-0.15, -0.1) is 11.3 Å². The zero-order valence-corrected chi connectivity index (χ0v) is 13.1. The standard InChI is InChI=1S/C17H20N2OS/c1-10-3-2-4-13-14(18)16(21-15(10)13)17(20)19(12-7-8-12)9-11-5-6-11/h2-4,11-12H,5-9,18H2,1H3. The topological polar surface area (TPSA) is 46.3 Å². The van der Waals surface area contributed by atoms with E-state index in [1.807, 2.05) is 12.1 Å². The minimum absolute atomic E-state index is 0.155. The summed E-state index contributed by atoms with van der Waals surface area (Å²) in [6.07, 6.45) is 4.86. The van der Waals surface area contributed by atoms with Crippen LogP contribution in [0, 0.1) is 12.8 Å². The van der Waals surface area contributed by atoms with Crippen LogP contribution in [0.2, 0.25) is 0 Å². The third-order valence-electron chi connectivity index (χ3n) is 4.55. The van der Waals surface area contributed by atoms with E-state index in [9.17, 15) is 4.79 Å².